The normalized spacial score (nSPS) is 20.4. The van der Waals surface area contributed by atoms with Crippen LogP contribution in [0.15, 0.2) is 42.9 Å². The standard InChI is InChI=1S/C47H69N9O8/c1-8-10-24-54(6)47(55(30-57)28-31-16-14-19-34(25-31)64-7)26-37(42(60)51-35(15-9-2)39(58)44(62)50-33-20-21-33)56(29-47)45(63)40(46(3,4)5)53-43(61)38(32-17-12-11-13-18-32)52-41(59)36-27-48-22-23-49-36/h14,16,19,22-23,25,27,30,32-33,35,37-38,40H,8-13,15,17-18,20-21,24,26,28-29H2,1-7H3,(H,50,62)(H,51,60)(H,52,59)(H,53,61)/t35?,37-,38-,40+,47?/m0/s1. The number of likely N-dealkylation sites (tertiary alicyclic amines) is 1. The lowest BCUT2D eigenvalue weighted by Crippen LogP contribution is -2.63. The van der Waals surface area contributed by atoms with E-state index in [4.69, 9.17) is 4.74 Å². The zero-order chi connectivity index (χ0) is 46.6. The molecule has 3 aliphatic rings. The number of rotatable bonds is 22. The van der Waals surface area contributed by atoms with E-state index in [9.17, 15) is 28.8 Å². The molecular formula is C47H69N9O8. The van der Waals surface area contributed by atoms with Gasteiger partial charge in [-0.15, -0.1) is 0 Å². The van der Waals surface area contributed by atoms with Crippen molar-refractivity contribution in [3.8, 4) is 5.75 Å². The molecule has 1 aromatic heterocycles. The largest absolute Gasteiger partial charge is 0.497 e. The molecule has 4 N–H and O–H groups in total. The number of benzene rings is 1. The topological polar surface area (TPSA) is 212 Å². The molecule has 2 saturated carbocycles. The highest BCUT2D eigenvalue weighted by molar-refractivity contribution is 6.38. The maximum Gasteiger partial charge on any atom is 0.289 e. The molecule has 2 aromatic rings. The Kier molecular flexibility index (Phi) is 17.4. The highest BCUT2D eigenvalue weighted by Gasteiger charge is 2.56. The predicted octanol–water partition coefficient (Wildman–Crippen LogP) is 3.52. The lowest BCUT2D eigenvalue weighted by Gasteiger charge is -2.46. The second-order valence-electron chi connectivity index (χ2n) is 18.7. The van der Waals surface area contributed by atoms with Gasteiger partial charge in [-0.05, 0) is 74.6 Å². The van der Waals surface area contributed by atoms with Crippen LogP contribution in [0.3, 0.4) is 0 Å². The van der Waals surface area contributed by atoms with Crippen LogP contribution < -0.4 is 26.0 Å². The summed E-state index contributed by atoms with van der Waals surface area (Å²) in [5.41, 5.74) is -1.36. The van der Waals surface area contributed by atoms with Gasteiger partial charge in [0.05, 0.1) is 25.9 Å². The number of carbonyl (C=O) groups is 7. The van der Waals surface area contributed by atoms with Gasteiger partial charge in [0.1, 0.15) is 35.2 Å². The molecule has 2 unspecified atom stereocenters. The van der Waals surface area contributed by atoms with E-state index in [1.165, 1.54) is 23.5 Å². The number of amides is 6. The fourth-order valence-electron chi connectivity index (χ4n) is 8.90. The van der Waals surface area contributed by atoms with E-state index in [0.717, 1.165) is 56.9 Å². The summed E-state index contributed by atoms with van der Waals surface area (Å²) in [5.74, 6) is -3.51. The monoisotopic (exact) mass is 888 g/mol. The van der Waals surface area contributed by atoms with Gasteiger partial charge in [-0.2, -0.15) is 0 Å². The number of hydrogen-bond acceptors (Lipinski definition) is 11. The van der Waals surface area contributed by atoms with Gasteiger partial charge in [0, 0.05) is 37.9 Å². The molecule has 2 heterocycles. The van der Waals surface area contributed by atoms with Crippen molar-refractivity contribution in [3.05, 3.63) is 54.1 Å². The van der Waals surface area contributed by atoms with Crippen molar-refractivity contribution < 1.29 is 38.3 Å². The van der Waals surface area contributed by atoms with Crippen LogP contribution in [0.1, 0.15) is 128 Å². The molecule has 64 heavy (non-hydrogen) atoms. The van der Waals surface area contributed by atoms with E-state index < -0.39 is 70.6 Å². The minimum atomic E-state index is -1.24. The molecule has 0 spiro atoms. The van der Waals surface area contributed by atoms with Gasteiger partial charge in [0.2, 0.25) is 29.9 Å². The molecule has 0 bridgehead atoms. The third-order valence-electron chi connectivity index (χ3n) is 12.8. The van der Waals surface area contributed by atoms with Gasteiger partial charge < -0.3 is 35.8 Å². The SMILES string of the molecule is CCCCN(C)C1(N(C=O)Cc2cccc(OC)c2)C[C@@H](C(=O)NC(CCC)C(=O)C(=O)NC2CC2)N(C(=O)[C@@H](NC(=O)[C@@H](NC(=O)c2cnccn2)C2CCCCC2)C(C)(C)C)C1. The Morgan fingerprint density at radius 2 is 1.72 bits per heavy atom. The third-order valence-corrected chi connectivity index (χ3v) is 12.8. The molecule has 5 atom stereocenters. The number of nitrogens with one attached hydrogen (secondary N) is 4. The van der Waals surface area contributed by atoms with Crippen molar-refractivity contribution in [2.24, 2.45) is 11.3 Å². The Hall–Kier alpha value is -5.45. The lowest BCUT2D eigenvalue weighted by molar-refractivity contribution is -0.146. The maximum absolute atomic E-state index is 15.5. The highest BCUT2D eigenvalue weighted by Crippen LogP contribution is 2.38. The fourth-order valence-corrected chi connectivity index (χ4v) is 8.90. The molecule has 2 aliphatic carbocycles. The predicted molar refractivity (Wildman–Crippen MR) is 239 cm³/mol. The van der Waals surface area contributed by atoms with Gasteiger partial charge in [-0.25, -0.2) is 4.98 Å². The molecule has 17 nitrogen and oxygen atoms in total. The molecule has 3 fully saturated rings. The van der Waals surface area contributed by atoms with Crippen LogP contribution in [0.2, 0.25) is 0 Å². The first-order valence-electron chi connectivity index (χ1n) is 23.0. The number of Topliss-reactive ketones (excluding diaryl/α,β-unsaturated/α-hetero) is 1. The van der Waals surface area contributed by atoms with E-state index in [1.54, 1.807) is 18.1 Å². The summed E-state index contributed by atoms with van der Waals surface area (Å²) in [6.07, 6.45) is 12.8. The van der Waals surface area contributed by atoms with Crippen LogP contribution in [0.5, 0.6) is 5.75 Å². The number of aromatic nitrogens is 2. The van der Waals surface area contributed by atoms with E-state index >= 15 is 4.79 Å². The Morgan fingerprint density at radius 1 is 0.984 bits per heavy atom. The molecule has 17 heteroatoms. The Balaban J connectivity index is 1.55. The lowest BCUT2D eigenvalue weighted by atomic mass is 9.82. The average Bonchev–Trinajstić information content (AvgIpc) is 4.02. The quantitative estimate of drug-likeness (QED) is 0.0764. The van der Waals surface area contributed by atoms with Crippen LogP contribution in [-0.4, -0.2) is 130 Å². The van der Waals surface area contributed by atoms with E-state index in [2.05, 4.69) is 31.2 Å². The molecule has 6 amide bonds. The molecule has 1 aromatic carbocycles. The summed E-state index contributed by atoms with van der Waals surface area (Å²) < 4.78 is 5.48. The summed E-state index contributed by atoms with van der Waals surface area (Å²) in [7, 11) is 3.42. The van der Waals surface area contributed by atoms with Crippen molar-refractivity contribution in [2.45, 2.75) is 154 Å². The van der Waals surface area contributed by atoms with Crippen molar-refractivity contribution in [1.82, 2.24) is 45.9 Å². The Bertz CT molecular complexity index is 1950. The number of carbonyl (C=O) groups excluding carboxylic acids is 7. The number of ether oxygens (including phenoxy) is 1. The van der Waals surface area contributed by atoms with Gasteiger partial charge in [0.25, 0.3) is 11.8 Å². The molecule has 1 aliphatic heterocycles. The van der Waals surface area contributed by atoms with Crippen LogP contribution in [0.4, 0.5) is 0 Å². The van der Waals surface area contributed by atoms with Crippen LogP contribution in [-0.2, 0) is 35.3 Å². The number of ketones is 1. The van der Waals surface area contributed by atoms with Crippen LogP contribution in [0, 0.1) is 11.3 Å². The van der Waals surface area contributed by atoms with Gasteiger partial charge in [-0.3, -0.25) is 43.4 Å². The Morgan fingerprint density at radius 3 is 2.33 bits per heavy atom. The van der Waals surface area contributed by atoms with E-state index in [1.807, 2.05) is 64.8 Å². The number of methoxy groups -OCH3 is 1. The zero-order valence-corrected chi connectivity index (χ0v) is 38.7. The summed E-state index contributed by atoms with van der Waals surface area (Å²) in [6, 6.07) is 2.62. The van der Waals surface area contributed by atoms with Gasteiger partial charge >= 0.3 is 0 Å². The number of hydrogen-bond donors (Lipinski definition) is 4. The summed E-state index contributed by atoms with van der Waals surface area (Å²) >= 11 is 0. The minimum Gasteiger partial charge on any atom is -0.497 e. The molecular weight excluding hydrogens is 819 g/mol. The van der Waals surface area contributed by atoms with Gasteiger partial charge in [0.15, 0.2) is 0 Å². The van der Waals surface area contributed by atoms with Crippen molar-refractivity contribution in [2.75, 3.05) is 27.2 Å². The summed E-state index contributed by atoms with van der Waals surface area (Å²) in [6.45, 7) is 9.82. The van der Waals surface area contributed by atoms with Crippen LogP contribution >= 0.6 is 0 Å². The molecule has 5 rings (SSSR count). The fraction of sp³-hybridized carbons (Fsp3) is 0.638. The first kappa shape index (κ1) is 49.6. The highest BCUT2D eigenvalue weighted by atomic mass is 16.5. The third kappa shape index (κ3) is 12.4. The Labute approximate surface area is 377 Å². The summed E-state index contributed by atoms with van der Waals surface area (Å²) in [4.78, 5) is 112. The number of unbranched alkanes of at least 4 members (excludes halogenated alkanes) is 1. The van der Waals surface area contributed by atoms with Crippen molar-refractivity contribution in [3.63, 3.8) is 0 Å². The van der Waals surface area contributed by atoms with Crippen molar-refractivity contribution in [1.29, 1.82) is 0 Å². The van der Waals surface area contributed by atoms with Gasteiger partial charge in [-0.1, -0.05) is 78.9 Å². The molecule has 0 radical (unpaired) electrons. The molecule has 1 saturated heterocycles. The van der Waals surface area contributed by atoms with E-state index in [0.29, 0.717) is 31.6 Å². The second-order valence-corrected chi connectivity index (χ2v) is 18.7. The van der Waals surface area contributed by atoms with E-state index in [-0.39, 0.29) is 43.6 Å². The zero-order valence-electron chi connectivity index (χ0n) is 38.7. The molecule has 350 valence electrons. The summed E-state index contributed by atoms with van der Waals surface area (Å²) in [5, 5.41) is 11.5. The minimum absolute atomic E-state index is 0.0432. The first-order valence-corrected chi connectivity index (χ1v) is 23.0. The van der Waals surface area contributed by atoms with Crippen LogP contribution in [0.25, 0.3) is 0 Å². The smallest absolute Gasteiger partial charge is 0.289 e. The second kappa shape index (κ2) is 22.4. The average molecular weight is 888 g/mol. The first-order chi connectivity index (χ1) is 30.6. The number of nitrogens with zero attached hydrogens (tertiary/aromatic N) is 5. The van der Waals surface area contributed by atoms with Crippen molar-refractivity contribution >= 4 is 41.7 Å². The maximum atomic E-state index is 15.5. The number of likely N-dealkylation sites (N-methyl/N-ethyl adjacent to an activating group) is 1.